The van der Waals surface area contributed by atoms with E-state index in [0.717, 1.165) is 13.2 Å². The zero-order chi connectivity index (χ0) is 7.03. The molecule has 0 aliphatic carbocycles. The summed E-state index contributed by atoms with van der Waals surface area (Å²) in [6, 6.07) is 0. The van der Waals surface area contributed by atoms with E-state index in [1.54, 1.807) is 0 Å². The van der Waals surface area contributed by atoms with Crippen LogP contribution in [0.4, 0.5) is 0 Å². The van der Waals surface area contributed by atoms with Gasteiger partial charge in [-0.2, -0.15) is 0 Å². The Balaban J connectivity index is 1.92. The van der Waals surface area contributed by atoms with E-state index in [4.69, 9.17) is 4.74 Å². The Kier molecular flexibility index (Phi) is 1.46. The van der Waals surface area contributed by atoms with E-state index in [-0.39, 0.29) is 0 Å². The smallest absolute Gasteiger partial charge is 0.0557 e. The highest BCUT2D eigenvalue weighted by atomic mass is 16.5. The standard InChI is InChI=1S/C8H14NO/c1-2-9-4-3-8(5-9)6-10-7-8/h2H,3-7H2,1H3. The van der Waals surface area contributed by atoms with Gasteiger partial charge in [0.25, 0.3) is 0 Å². The van der Waals surface area contributed by atoms with Crippen LogP contribution in [-0.2, 0) is 4.74 Å². The highest BCUT2D eigenvalue weighted by Gasteiger charge is 2.43. The molecule has 0 unspecified atom stereocenters. The fourth-order valence-corrected chi connectivity index (χ4v) is 1.82. The van der Waals surface area contributed by atoms with Gasteiger partial charge in [0, 0.05) is 18.5 Å². The third kappa shape index (κ3) is 0.867. The molecule has 2 aliphatic rings. The molecule has 2 fully saturated rings. The van der Waals surface area contributed by atoms with Gasteiger partial charge in [0.15, 0.2) is 0 Å². The SMILES string of the molecule is C[CH]N1CCC2(COC2)C1. The number of ether oxygens (including phenoxy) is 1. The van der Waals surface area contributed by atoms with E-state index >= 15 is 0 Å². The second-order valence-corrected chi connectivity index (χ2v) is 3.47. The van der Waals surface area contributed by atoms with E-state index in [1.807, 2.05) is 0 Å². The Bertz CT molecular complexity index is 131. The van der Waals surface area contributed by atoms with Crippen molar-refractivity contribution in [3.8, 4) is 0 Å². The Labute approximate surface area is 62.2 Å². The van der Waals surface area contributed by atoms with Gasteiger partial charge in [0.05, 0.1) is 13.2 Å². The molecule has 57 valence electrons. The fraction of sp³-hybridized carbons (Fsp3) is 0.875. The fourth-order valence-electron chi connectivity index (χ4n) is 1.82. The van der Waals surface area contributed by atoms with Gasteiger partial charge in [-0.15, -0.1) is 0 Å². The van der Waals surface area contributed by atoms with Gasteiger partial charge in [-0.1, -0.05) is 0 Å². The minimum absolute atomic E-state index is 0.562. The number of likely N-dealkylation sites (tertiary alicyclic amines) is 1. The number of hydrogen-bond donors (Lipinski definition) is 0. The van der Waals surface area contributed by atoms with Gasteiger partial charge in [0.2, 0.25) is 0 Å². The lowest BCUT2D eigenvalue weighted by Gasteiger charge is -2.37. The molecule has 2 heterocycles. The van der Waals surface area contributed by atoms with Gasteiger partial charge in [-0.25, -0.2) is 0 Å². The molecule has 2 rings (SSSR count). The van der Waals surface area contributed by atoms with Crippen LogP contribution >= 0.6 is 0 Å². The van der Waals surface area contributed by atoms with E-state index < -0.39 is 0 Å². The third-order valence-electron chi connectivity index (χ3n) is 2.65. The van der Waals surface area contributed by atoms with Crippen molar-refractivity contribution in [3.63, 3.8) is 0 Å². The molecule has 0 aromatic carbocycles. The van der Waals surface area contributed by atoms with Crippen LogP contribution in [0.5, 0.6) is 0 Å². The summed E-state index contributed by atoms with van der Waals surface area (Å²) in [6.45, 7) is 8.75. The first-order valence-corrected chi connectivity index (χ1v) is 3.96. The number of rotatable bonds is 1. The van der Waals surface area contributed by atoms with Crippen LogP contribution in [0.25, 0.3) is 0 Å². The lowest BCUT2D eigenvalue weighted by atomic mass is 9.85. The van der Waals surface area contributed by atoms with Gasteiger partial charge in [-0.05, 0) is 19.9 Å². The van der Waals surface area contributed by atoms with Crippen LogP contribution in [0.3, 0.4) is 0 Å². The zero-order valence-corrected chi connectivity index (χ0v) is 6.47. The minimum Gasteiger partial charge on any atom is -0.380 e. The lowest BCUT2D eigenvalue weighted by molar-refractivity contribution is -0.104. The predicted octanol–water partition coefficient (Wildman–Crippen LogP) is 0.890. The summed E-state index contributed by atoms with van der Waals surface area (Å²) < 4.78 is 5.21. The molecular formula is C8H14NO. The molecule has 10 heavy (non-hydrogen) atoms. The molecular weight excluding hydrogens is 126 g/mol. The van der Waals surface area contributed by atoms with Crippen molar-refractivity contribution in [3.05, 3.63) is 6.54 Å². The maximum absolute atomic E-state index is 5.21. The first-order chi connectivity index (χ1) is 4.85. The van der Waals surface area contributed by atoms with Crippen molar-refractivity contribution in [2.45, 2.75) is 13.3 Å². The van der Waals surface area contributed by atoms with Crippen LogP contribution < -0.4 is 0 Å². The topological polar surface area (TPSA) is 12.5 Å². The van der Waals surface area contributed by atoms with E-state index in [2.05, 4.69) is 18.4 Å². The molecule has 2 aliphatic heterocycles. The molecule has 0 aromatic heterocycles. The van der Waals surface area contributed by atoms with E-state index in [1.165, 1.54) is 19.5 Å². The van der Waals surface area contributed by atoms with Crippen molar-refractivity contribution < 1.29 is 4.74 Å². The summed E-state index contributed by atoms with van der Waals surface area (Å²) >= 11 is 0. The van der Waals surface area contributed by atoms with Gasteiger partial charge >= 0.3 is 0 Å². The monoisotopic (exact) mass is 140 g/mol. The number of nitrogens with zero attached hydrogens (tertiary/aromatic N) is 1. The summed E-state index contributed by atoms with van der Waals surface area (Å²) in [6.07, 6.45) is 1.33. The Morgan fingerprint density at radius 1 is 1.50 bits per heavy atom. The lowest BCUT2D eigenvalue weighted by Crippen LogP contribution is -2.44. The Morgan fingerprint density at radius 3 is 2.60 bits per heavy atom. The molecule has 0 N–H and O–H groups in total. The second-order valence-electron chi connectivity index (χ2n) is 3.47. The molecule has 0 aromatic rings. The summed E-state index contributed by atoms with van der Waals surface area (Å²) in [5.74, 6) is 0. The van der Waals surface area contributed by atoms with Gasteiger partial charge < -0.3 is 4.74 Å². The highest BCUT2D eigenvalue weighted by molar-refractivity contribution is 4.95. The Morgan fingerprint density at radius 2 is 2.30 bits per heavy atom. The average Bonchev–Trinajstić information content (AvgIpc) is 2.29. The number of hydrogen-bond acceptors (Lipinski definition) is 2. The molecule has 0 atom stereocenters. The molecule has 2 heteroatoms. The van der Waals surface area contributed by atoms with Crippen LogP contribution in [0, 0.1) is 12.0 Å². The predicted molar refractivity (Wildman–Crippen MR) is 39.4 cm³/mol. The summed E-state index contributed by atoms with van der Waals surface area (Å²) in [5, 5.41) is 0. The second kappa shape index (κ2) is 2.21. The first-order valence-electron chi connectivity index (χ1n) is 3.96. The first kappa shape index (κ1) is 6.62. The van der Waals surface area contributed by atoms with Crippen molar-refractivity contribution in [1.29, 1.82) is 0 Å². The van der Waals surface area contributed by atoms with Crippen LogP contribution in [0.1, 0.15) is 13.3 Å². The molecule has 2 saturated heterocycles. The van der Waals surface area contributed by atoms with Crippen molar-refractivity contribution in [2.24, 2.45) is 5.41 Å². The summed E-state index contributed by atoms with van der Waals surface area (Å²) in [5.41, 5.74) is 0.562. The zero-order valence-electron chi connectivity index (χ0n) is 6.47. The maximum Gasteiger partial charge on any atom is 0.0557 e. The van der Waals surface area contributed by atoms with Crippen molar-refractivity contribution >= 4 is 0 Å². The summed E-state index contributed by atoms with van der Waals surface area (Å²) in [7, 11) is 0. The largest absolute Gasteiger partial charge is 0.380 e. The summed E-state index contributed by atoms with van der Waals surface area (Å²) in [4.78, 5) is 2.39. The average molecular weight is 140 g/mol. The van der Waals surface area contributed by atoms with Crippen molar-refractivity contribution in [1.82, 2.24) is 4.90 Å². The van der Waals surface area contributed by atoms with Crippen LogP contribution in [0.2, 0.25) is 0 Å². The normalized spacial score (nSPS) is 30.9. The molecule has 0 bridgehead atoms. The molecule has 0 amide bonds. The maximum atomic E-state index is 5.21. The molecule has 2 nitrogen and oxygen atoms in total. The van der Waals surface area contributed by atoms with Gasteiger partial charge in [-0.3, -0.25) is 4.90 Å². The van der Waals surface area contributed by atoms with Crippen LogP contribution in [-0.4, -0.2) is 31.2 Å². The van der Waals surface area contributed by atoms with E-state index in [9.17, 15) is 0 Å². The van der Waals surface area contributed by atoms with E-state index in [0.29, 0.717) is 5.41 Å². The quantitative estimate of drug-likeness (QED) is 0.536. The van der Waals surface area contributed by atoms with Crippen LogP contribution in [0.15, 0.2) is 0 Å². The molecule has 1 spiro atoms. The minimum atomic E-state index is 0.562. The third-order valence-corrected chi connectivity index (χ3v) is 2.65. The molecule has 1 radical (unpaired) electrons. The molecule has 0 saturated carbocycles. The highest BCUT2D eigenvalue weighted by Crippen LogP contribution is 2.37. The Hall–Kier alpha value is -0.0800. The van der Waals surface area contributed by atoms with Crippen molar-refractivity contribution in [2.75, 3.05) is 26.3 Å². The van der Waals surface area contributed by atoms with Gasteiger partial charge in [0.1, 0.15) is 0 Å².